The zero-order chi connectivity index (χ0) is 16.9. The minimum Gasteiger partial charge on any atom is -0.485 e. The SMILES string of the molecule is CSc1nncn1/N=C/c1ccc(COc2cccc(Cl)c2C)o1. The van der Waals surface area contributed by atoms with Gasteiger partial charge >= 0.3 is 0 Å². The molecule has 8 heteroatoms. The van der Waals surface area contributed by atoms with Crippen molar-refractivity contribution in [2.75, 3.05) is 6.26 Å². The van der Waals surface area contributed by atoms with E-state index < -0.39 is 0 Å². The van der Waals surface area contributed by atoms with Crippen molar-refractivity contribution >= 4 is 29.6 Å². The minimum atomic E-state index is 0.317. The van der Waals surface area contributed by atoms with E-state index in [1.54, 1.807) is 10.9 Å². The molecule has 3 aromatic rings. The molecule has 0 aliphatic carbocycles. The topological polar surface area (TPSA) is 65.4 Å². The van der Waals surface area contributed by atoms with Gasteiger partial charge in [-0.3, -0.25) is 0 Å². The van der Waals surface area contributed by atoms with Crippen LogP contribution in [0.2, 0.25) is 5.02 Å². The van der Waals surface area contributed by atoms with E-state index in [1.165, 1.54) is 18.1 Å². The van der Waals surface area contributed by atoms with Crippen molar-refractivity contribution in [3.05, 3.63) is 58.8 Å². The average molecular weight is 363 g/mol. The Morgan fingerprint density at radius 1 is 1.38 bits per heavy atom. The lowest BCUT2D eigenvalue weighted by Crippen LogP contribution is -1.96. The summed E-state index contributed by atoms with van der Waals surface area (Å²) in [7, 11) is 0. The van der Waals surface area contributed by atoms with Crippen molar-refractivity contribution in [1.82, 2.24) is 14.9 Å². The highest BCUT2D eigenvalue weighted by atomic mass is 35.5. The molecule has 6 nitrogen and oxygen atoms in total. The van der Waals surface area contributed by atoms with Crippen LogP contribution in [0, 0.1) is 6.92 Å². The van der Waals surface area contributed by atoms with Crippen LogP contribution in [0.15, 0.2) is 51.3 Å². The van der Waals surface area contributed by atoms with Crippen LogP contribution < -0.4 is 4.74 Å². The molecule has 124 valence electrons. The maximum absolute atomic E-state index is 6.08. The maximum atomic E-state index is 6.08. The van der Waals surface area contributed by atoms with Crippen molar-refractivity contribution in [3.63, 3.8) is 0 Å². The predicted molar refractivity (Wildman–Crippen MR) is 94.0 cm³/mol. The molecule has 0 amide bonds. The number of rotatable bonds is 6. The quantitative estimate of drug-likeness (QED) is 0.489. The number of furan rings is 1. The van der Waals surface area contributed by atoms with Gasteiger partial charge in [-0.25, -0.2) is 0 Å². The summed E-state index contributed by atoms with van der Waals surface area (Å²) in [5.41, 5.74) is 0.907. The second-order valence-electron chi connectivity index (χ2n) is 4.86. The first-order valence-corrected chi connectivity index (χ1v) is 8.72. The van der Waals surface area contributed by atoms with E-state index in [2.05, 4.69) is 15.3 Å². The molecule has 0 bridgehead atoms. The van der Waals surface area contributed by atoms with Crippen LogP contribution in [-0.4, -0.2) is 27.3 Å². The molecule has 3 rings (SSSR count). The van der Waals surface area contributed by atoms with Gasteiger partial charge in [-0.15, -0.1) is 10.2 Å². The van der Waals surface area contributed by atoms with Crippen molar-refractivity contribution < 1.29 is 9.15 Å². The summed E-state index contributed by atoms with van der Waals surface area (Å²) in [6, 6.07) is 9.24. The van der Waals surface area contributed by atoms with Crippen LogP contribution in [-0.2, 0) is 6.61 Å². The first-order valence-electron chi connectivity index (χ1n) is 7.12. The lowest BCUT2D eigenvalue weighted by atomic mass is 10.2. The molecule has 2 heterocycles. The van der Waals surface area contributed by atoms with Gasteiger partial charge in [0.05, 0.1) is 6.21 Å². The van der Waals surface area contributed by atoms with Crippen LogP contribution >= 0.6 is 23.4 Å². The van der Waals surface area contributed by atoms with E-state index in [0.29, 0.717) is 28.3 Å². The predicted octanol–water partition coefficient (Wildman–Crippen LogP) is 4.02. The molecule has 0 aliphatic rings. The number of halogens is 1. The van der Waals surface area contributed by atoms with E-state index in [4.69, 9.17) is 20.8 Å². The van der Waals surface area contributed by atoms with Crippen molar-refractivity contribution in [2.24, 2.45) is 5.10 Å². The summed E-state index contributed by atoms with van der Waals surface area (Å²) in [6.07, 6.45) is 5.06. The van der Waals surface area contributed by atoms with Gasteiger partial charge in [0.15, 0.2) is 0 Å². The summed E-state index contributed by atoms with van der Waals surface area (Å²) in [5.74, 6) is 2.06. The highest BCUT2D eigenvalue weighted by Gasteiger charge is 2.06. The zero-order valence-electron chi connectivity index (χ0n) is 13.1. The Kier molecular flexibility index (Phi) is 5.22. The smallest absolute Gasteiger partial charge is 0.211 e. The van der Waals surface area contributed by atoms with Gasteiger partial charge in [0, 0.05) is 10.6 Å². The fourth-order valence-corrected chi connectivity index (χ4v) is 2.56. The lowest BCUT2D eigenvalue weighted by molar-refractivity contribution is 0.268. The Hall–Kier alpha value is -2.25. The standard InChI is InChI=1S/C16H15ClN4O2S/c1-11-14(17)4-3-5-15(11)22-9-13-7-6-12(23-13)8-19-21-10-18-20-16(21)24-2/h3-8,10H,9H2,1-2H3/b19-8+. The molecule has 0 N–H and O–H groups in total. The Morgan fingerprint density at radius 2 is 2.25 bits per heavy atom. The molecule has 0 atom stereocenters. The number of aromatic nitrogens is 3. The highest BCUT2D eigenvalue weighted by molar-refractivity contribution is 7.98. The van der Waals surface area contributed by atoms with Gasteiger partial charge in [-0.2, -0.15) is 9.78 Å². The summed E-state index contributed by atoms with van der Waals surface area (Å²) in [5, 5.41) is 13.4. The van der Waals surface area contributed by atoms with Gasteiger partial charge in [0.2, 0.25) is 5.16 Å². The maximum Gasteiger partial charge on any atom is 0.211 e. The number of thioether (sulfide) groups is 1. The van der Waals surface area contributed by atoms with Crippen LogP contribution in [0.1, 0.15) is 17.1 Å². The van der Waals surface area contributed by atoms with Crippen LogP contribution in [0.4, 0.5) is 0 Å². The summed E-state index contributed by atoms with van der Waals surface area (Å²) >= 11 is 7.54. The first kappa shape index (κ1) is 16.6. The molecule has 24 heavy (non-hydrogen) atoms. The van der Waals surface area contributed by atoms with E-state index >= 15 is 0 Å². The second kappa shape index (κ2) is 7.55. The first-order chi connectivity index (χ1) is 11.7. The lowest BCUT2D eigenvalue weighted by Gasteiger charge is -2.08. The van der Waals surface area contributed by atoms with Gasteiger partial charge in [0.25, 0.3) is 0 Å². The molecule has 0 saturated heterocycles. The number of benzene rings is 1. The number of nitrogens with zero attached hydrogens (tertiary/aromatic N) is 4. The summed E-state index contributed by atoms with van der Waals surface area (Å²) in [4.78, 5) is 0. The largest absolute Gasteiger partial charge is 0.485 e. The third-order valence-corrected chi connectivity index (χ3v) is 4.31. The average Bonchev–Trinajstić information content (AvgIpc) is 3.22. The number of hydrogen-bond donors (Lipinski definition) is 0. The minimum absolute atomic E-state index is 0.317. The molecular formula is C16H15ClN4O2S. The third-order valence-electron chi connectivity index (χ3n) is 3.26. The Labute approximate surface area is 148 Å². The summed E-state index contributed by atoms with van der Waals surface area (Å²) in [6.45, 7) is 2.23. The van der Waals surface area contributed by atoms with Crippen LogP contribution in [0.3, 0.4) is 0 Å². The number of hydrogen-bond acceptors (Lipinski definition) is 6. The zero-order valence-corrected chi connectivity index (χ0v) is 14.7. The second-order valence-corrected chi connectivity index (χ2v) is 6.04. The molecular weight excluding hydrogens is 348 g/mol. The monoisotopic (exact) mass is 362 g/mol. The Morgan fingerprint density at radius 3 is 3.08 bits per heavy atom. The van der Waals surface area contributed by atoms with Crippen LogP contribution in [0.25, 0.3) is 0 Å². The fourth-order valence-electron chi connectivity index (χ4n) is 1.99. The van der Waals surface area contributed by atoms with Crippen molar-refractivity contribution in [2.45, 2.75) is 18.7 Å². The molecule has 0 radical (unpaired) electrons. The van der Waals surface area contributed by atoms with Crippen molar-refractivity contribution in [1.29, 1.82) is 0 Å². The van der Waals surface area contributed by atoms with E-state index in [9.17, 15) is 0 Å². The molecule has 0 aliphatic heterocycles. The van der Waals surface area contributed by atoms with E-state index in [1.807, 2.05) is 43.5 Å². The van der Waals surface area contributed by atoms with Gasteiger partial charge < -0.3 is 9.15 Å². The fraction of sp³-hybridized carbons (Fsp3) is 0.188. The molecule has 0 fully saturated rings. The molecule has 0 spiro atoms. The molecule has 2 aromatic heterocycles. The van der Waals surface area contributed by atoms with Gasteiger partial charge in [0.1, 0.15) is 30.2 Å². The van der Waals surface area contributed by atoms with Gasteiger partial charge in [-0.05, 0) is 37.4 Å². The number of ether oxygens (including phenoxy) is 1. The van der Waals surface area contributed by atoms with Crippen molar-refractivity contribution in [3.8, 4) is 5.75 Å². The Bertz CT molecular complexity index is 859. The highest BCUT2D eigenvalue weighted by Crippen LogP contribution is 2.25. The third kappa shape index (κ3) is 3.80. The van der Waals surface area contributed by atoms with Crippen LogP contribution in [0.5, 0.6) is 5.75 Å². The molecule has 0 saturated carbocycles. The van der Waals surface area contributed by atoms with E-state index in [-0.39, 0.29) is 0 Å². The molecule has 1 aromatic carbocycles. The normalized spacial score (nSPS) is 11.3. The van der Waals surface area contributed by atoms with E-state index in [0.717, 1.165) is 11.3 Å². The summed E-state index contributed by atoms with van der Waals surface area (Å²) < 4.78 is 13.0. The van der Waals surface area contributed by atoms with Gasteiger partial charge in [-0.1, -0.05) is 29.4 Å². The molecule has 0 unspecified atom stereocenters. The Balaban J connectivity index is 1.64.